The van der Waals surface area contributed by atoms with Crippen LogP contribution in [0.5, 0.6) is 0 Å². The topological polar surface area (TPSA) is 86.8 Å². The van der Waals surface area contributed by atoms with E-state index in [2.05, 4.69) is 5.32 Å². The van der Waals surface area contributed by atoms with E-state index in [4.69, 9.17) is 23.2 Å². The summed E-state index contributed by atoms with van der Waals surface area (Å²) in [5.41, 5.74) is 1.02. The molecular weight excluding hydrogens is 461 g/mol. The molecule has 7 nitrogen and oxygen atoms in total. The van der Waals surface area contributed by atoms with Gasteiger partial charge in [-0.1, -0.05) is 47.5 Å². The zero-order valence-electron chi connectivity index (χ0n) is 17.5. The van der Waals surface area contributed by atoms with E-state index in [1.54, 1.807) is 62.4 Å². The first-order valence-corrected chi connectivity index (χ1v) is 12.2. The van der Waals surface area contributed by atoms with Gasteiger partial charge in [-0.15, -0.1) is 0 Å². The lowest BCUT2D eigenvalue weighted by atomic mass is 10.1. The van der Waals surface area contributed by atoms with E-state index in [1.807, 2.05) is 0 Å². The number of hydrogen-bond acceptors (Lipinski definition) is 4. The van der Waals surface area contributed by atoms with Gasteiger partial charge < -0.3 is 10.2 Å². The average molecular weight is 486 g/mol. The number of amides is 2. The summed E-state index contributed by atoms with van der Waals surface area (Å²) in [5, 5.41) is 3.38. The standard InChI is InChI=1S/C21H25Cl2N3O4S/c1-4-24-21(28)15(2)25(13-16-10-11-18(22)19(23)12-16)20(27)14-26(31(3,29)30)17-8-6-5-7-9-17/h5-12,15H,4,13-14H2,1-3H3,(H,24,28)/t15-/m0/s1. The Balaban J connectivity index is 2.37. The van der Waals surface area contributed by atoms with E-state index in [9.17, 15) is 18.0 Å². The molecular formula is C21H25Cl2N3O4S. The van der Waals surface area contributed by atoms with E-state index in [0.29, 0.717) is 27.8 Å². The lowest BCUT2D eigenvalue weighted by Crippen LogP contribution is -2.51. The number of sulfonamides is 1. The van der Waals surface area contributed by atoms with Crippen molar-refractivity contribution in [2.24, 2.45) is 0 Å². The molecule has 2 amide bonds. The number of halogens is 2. The van der Waals surface area contributed by atoms with Crippen molar-refractivity contribution in [3.05, 3.63) is 64.1 Å². The molecule has 2 rings (SSSR count). The van der Waals surface area contributed by atoms with Crippen LogP contribution in [0.25, 0.3) is 0 Å². The third-order valence-corrected chi connectivity index (χ3v) is 6.46. The highest BCUT2D eigenvalue weighted by Crippen LogP contribution is 2.24. The van der Waals surface area contributed by atoms with E-state index in [0.717, 1.165) is 10.6 Å². The summed E-state index contributed by atoms with van der Waals surface area (Å²) in [5.74, 6) is -0.874. The van der Waals surface area contributed by atoms with Crippen LogP contribution in [0.1, 0.15) is 19.4 Å². The van der Waals surface area contributed by atoms with Gasteiger partial charge in [0.25, 0.3) is 0 Å². The zero-order valence-corrected chi connectivity index (χ0v) is 19.8. The summed E-state index contributed by atoms with van der Waals surface area (Å²) in [6.07, 6.45) is 1.03. The number of hydrogen-bond donors (Lipinski definition) is 1. The van der Waals surface area contributed by atoms with Gasteiger partial charge in [0.1, 0.15) is 12.6 Å². The SMILES string of the molecule is CCNC(=O)[C@H](C)N(Cc1ccc(Cl)c(Cl)c1)C(=O)CN(c1ccccc1)S(C)(=O)=O. The van der Waals surface area contributed by atoms with Crippen LogP contribution in [-0.4, -0.2) is 50.5 Å². The number of nitrogens with one attached hydrogen (secondary N) is 1. The molecule has 0 aromatic heterocycles. The molecule has 0 aliphatic heterocycles. The predicted molar refractivity (Wildman–Crippen MR) is 124 cm³/mol. The van der Waals surface area contributed by atoms with Gasteiger partial charge in [0, 0.05) is 13.1 Å². The van der Waals surface area contributed by atoms with Gasteiger partial charge in [-0.3, -0.25) is 13.9 Å². The minimum absolute atomic E-state index is 0.0560. The fraction of sp³-hybridized carbons (Fsp3) is 0.333. The van der Waals surface area contributed by atoms with Crippen LogP contribution in [0.3, 0.4) is 0 Å². The van der Waals surface area contributed by atoms with Crippen molar-refractivity contribution in [3.8, 4) is 0 Å². The first-order chi connectivity index (χ1) is 14.5. The molecule has 0 spiro atoms. The van der Waals surface area contributed by atoms with Crippen molar-refractivity contribution in [3.63, 3.8) is 0 Å². The second-order valence-corrected chi connectivity index (χ2v) is 9.67. The Morgan fingerprint density at radius 2 is 1.71 bits per heavy atom. The summed E-state index contributed by atoms with van der Waals surface area (Å²) in [6, 6.07) is 12.4. The summed E-state index contributed by atoms with van der Waals surface area (Å²) >= 11 is 12.1. The summed E-state index contributed by atoms with van der Waals surface area (Å²) in [7, 11) is -3.74. The molecule has 0 unspecified atom stereocenters. The molecule has 31 heavy (non-hydrogen) atoms. The lowest BCUT2D eigenvalue weighted by molar-refractivity contribution is -0.139. The van der Waals surface area contributed by atoms with Crippen molar-refractivity contribution >= 4 is 50.7 Å². The minimum atomic E-state index is -3.74. The molecule has 0 saturated heterocycles. The van der Waals surface area contributed by atoms with Crippen LogP contribution in [0.2, 0.25) is 10.0 Å². The van der Waals surface area contributed by atoms with Gasteiger partial charge in [0.2, 0.25) is 21.8 Å². The van der Waals surface area contributed by atoms with Gasteiger partial charge in [0.05, 0.1) is 22.0 Å². The first kappa shape index (κ1) is 25.0. The molecule has 0 bridgehead atoms. The van der Waals surface area contributed by atoms with Gasteiger partial charge in [-0.25, -0.2) is 8.42 Å². The maximum atomic E-state index is 13.3. The number of carbonyl (C=O) groups is 2. The molecule has 0 heterocycles. The molecule has 10 heteroatoms. The van der Waals surface area contributed by atoms with Gasteiger partial charge >= 0.3 is 0 Å². The van der Waals surface area contributed by atoms with Crippen molar-refractivity contribution in [2.45, 2.75) is 26.4 Å². The Kier molecular flexibility index (Phi) is 8.73. The Morgan fingerprint density at radius 3 is 2.26 bits per heavy atom. The number of likely N-dealkylation sites (N-methyl/N-ethyl adjacent to an activating group) is 1. The summed E-state index contributed by atoms with van der Waals surface area (Å²) < 4.78 is 25.8. The quantitative estimate of drug-likeness (QED) is 0.589. The molecule has 0 fully saturated rings. The van der Waals surface area contributed by atoms with Crippen molar-refractivity contribution in [1.82, 2.24) is 10.2 Å². The monoisotopic (exact) mass is 485 g/mol. The predicted octanol–water partition coefficient (Wildman–Crippen LogP) is 3.31. The normalized spacial score (nSPS) is 12.2. The van der Waals surface area contributed by atoms with Crippen LogP contribution < -0.4 is 9.62 Å². The lowest BCUT2D eigenvalue weighted by Gasteiger charge is -2.31. The fourth-order valence-corrected chi connectivity index (χ4v) is 4.12. The maximum absolute atomic E-state index is 13.3. The molecule has 0 aliphatic rings. The van der Waals surface area contributed by atoms with Gasteiger partial charge in [-0.05, 0) is 43.7 Å². The molecule has 2 aromatic rings. The molecule has 0 aliphatic carbocycles. The maximum Gasteiger partial charge on any atom is 0.244 e. The Bertz CT molecular complexity index is 1030. The highest BCUT2D eigenvalue weighted by Gasteiger charge is 2.29. The van der Waals surface area contributed by atoms with Crippen LogP contribution in [-0.2, 0) is 26.2 Å². The molecule has 1 atom stereocenters. The van der Waals surface area contributed by atoms with E-state index in [-0.39, 0.29) is 12.5 Å². The number of nitrogens with zero attached hydrogens (tertiary/aromatic N) is 2. The van der Waals surface area contributed by atoms with Crippen molar-refractivity contribution in [1.29, 1.82) is 0 Å². The van der Waals surface area contributed by atoms with E-state index >= 15 is 0 Å². The molecule has 0 radical (unpaired) electrons. The Labute approximate surface area is 193 Å². The summed E-state index contributed by atoms with van der Waals surface area (Å²) in [6.45, 7) is 3.37. The molecule has 168 valence electrons. The van der Waals surface area contributed by atoms with Crippen LogP contribution >= 0.6 is 23.2 Å². The molecule has 0 saturated carbocycles. The summed E-state index contributed by atoms with van der Waals surface area (Å²) in [4.78, 5) is 27.1. The largest absolute Gasteiger partial charge is 0.355 e. The zero-order chi connectivity index (χ0) is 23.2. The second kappa shape index (κ2) is 10.8. The minimum Gasteiger partial charge on any atom is -0.355 e. The van der Waals surface area contributed by atoms with Crippen LogP contribution in [0.15, 0.2) is 48.5 Å². The Hall–Kier alpha value is -2.29. The van der Waals surface area contributed by atoms with Gasteiger partial charge in [-0.2, -0.15) is 0 Å². The Morgan fingerprint density at radius 1 is 1.06 bits per heavy atom. The van der Waals surface area contributed by atoms with Gasteiger partial charge in [0.15, 0.2) is 0 Å². The number of para-hydroxylation sites is 1. The highest BCUT2D eigenvalue weighted by atomic mass is 35.5. The van der Waals surface area contributed by atoms with Crippen LogP contribution in [0.4, 0.5) is 5.69 Å². The third kappa shape index (κ3) is 6.85. The fourth-order valence-electron chi connectivity index (χ4n) is 2.95. The molecule has 2 aromatic carbocycles. The average Bonchev–Trinajstić information content (AvgIpc) is 2.72. The van der Waals surface area contributed by atoms with E-state index < -0.39 is 28.5 Å². The number of rotatable bonds is 9. The smallest absolute Gasteiger partial charge is 0.244 e. The number of carbonyl (C=O) groups excluding carboxylic acids is 2. The number of anilines is 1. The second-order valence-electron chi connectivity index (χ2n) is 6.95. The third-order valence-electron chi connectivity index (χ3n) is 4.58. The first-order valence-electron chi connectivity index (χ1n) is 9.58. The van der Waals surface area contributed by atoms with Crippen molar-refractivity contribution < 1.29 is 18.0 Å². The van der Waals surface area contributed by atoms with Crippen LogP contribution in [0, 0.1) is 0 Å². The highest BCUT2D eigenvalue weighted by molar-refractivity contribution is 7.92. The van der Waals surface area contributed by atoms with E-state index in [1.165, 1.54) is 4.90 Å². The number of benzene rings is 2. The molecule has 1 N–H and O–H groups in total. The van der Waals surface area contributed by atoms with Crippen molar-refractivity contribution in [2.75, 3.05) is 23.7 Å².